The largest absolute Gasteiger partial charge is 0.492 e. The molecule has 162 valence electrons. The molecule has 0 atom stereocenters. The fourth-order valence-corrected chi connectivity index (χ4v) is 4.52. The van der Waals surface area contributed by atoms with Gasteiger partial charge in [-0.1, -0.05) is 64.1 Å². The molecule has 1 aliphatic rings. The van der Waals surface area contributed by atoms with Crippen molar-refractivity contribution in [3.63, 3.8) is 0 Å². The van der Waals surface area contributed by atoms with E-state index in [1.165, 1.54) is 40.7 Å². The number of allylic oxidation sites excluding steroid dienone is 1. The molecule has 1 aromatic heterocycles. The first-order valence-corrected chi connectivity index (χ1v) is 11.3. The van der Waals surface area contributed by atoms with Crippen LogP contribution in [-0.2, 0) is 17.4 Å². The zero-order valence-corrected chi connectivity index (χ0v) is 19.5. The molecule has 0 amide bonds. The molecule has 0 radical (unpaired) electrons. The number of nitrogens with zero attached hydrogens (tertiary/aromatic N) is 2. The summed E-state index contributed by atoms with van der Waals surface area (Å²) >= 11 is 0. The van der Waals surface area contributed by atoms with E-state index in [0.717, 1.165) is 12.3 Å². The van der Waals surface area contributed by atoms with Gasteiger partial charge in [-0.05, 0) is 70.6 Å². The minimum absolute atomic E-state index is 0.233. The second kappa shape index (κ2) is 8.37. The Kier molecular flexibility index (Phi) is 5.79. The number of hydrogen-bond donors (Lipinski definition) is 0. The minimum Gasteiger partial charge on any atom is -0.492 e. The molecule has 3 nitrogen and oxygen atoms in total. The second-order valence-corrected chi connectivity index (χ2v) is 10.1. The Bertz CT molecular complexity index is 1060. The number of hydrogen-bond acceptors (Lipinski definition) is 2. The first-order chi connectivity index (χ1) is 14.7. The molecule has 0 N–H and O–H groups in total. The van der Waals surface area contributed by atoms with E-state index >= 15 is 0 Å². The summed E-state index contributed by atoms with van der Waals surface area (Å²) < 4.78 is 7.87. The Morgan fingerprint density at radius 3 is 2.39 bits per heavy atom. The molecule has 0 unspecified atom stereocenters. The van der Waals surface area contributed by atoms with Crippen molar-refractivity contribution >= 4 is 11.6 Å². The Hall–Kier alpha value is -2.81. The van der Waals surface area contributed by atoms with Crippen molar-refractivity contribution in [2.45, 2.75) is 64.8 Å². The van der Waals surface area contributed by atoms with Gasteiger partial charge in [0.25, 0.3) is 0 Å². The van der Waals surface area contributed by atoms with Crippen LogP contribution >= 0.6 is 0 Å². The maximum Gasteiger partial charge on any atom is 0.119 e. The molecule has 1 heterocycles. The summed E-state index contributed by atoms with van der Waals surface area (Å²) in [5.74, 6) is 0.896. The molecular formula is C28H34N2O. The fraction of sp³-hybridized carbons (Fsp3) is 0.393. The van der Waals surface area contributed by atoms with E-state index in [2.05, 4.69) is 76.0 Å². The van der Waals surface area contributed by atoms with Gasteiger partial charge in [-0.3, -0.25) is 0 Å². The zero-order valence-electron chi connectivity index (χ0n) is 19.5. The molecule has 3 heteroatoms. The smallest absolute Gasteiger partial charge is 0.119 e. The molecule has 0 fully saturated rings. The van der Waals surface area contributed by atoms with E-state index in [1.54, 1.807) is 6.20 Å². The van der Waals surface area contributed by atoms with Crippen molar-refractivity contribution < 1.29 is 4.74 Å². The Labute approximate surface area is 186 Å². The van der Waals surface area contributed by atoms with Gasteiger partial charge in [0.05, 0.1) is 12.9 Å². The highest BCUT2D eigenvalue weighted by atomic mass is 16.5. The molecule has 2 aromatic carbocycles. The van der Waals surface area contributed by atoms with Crippen molar-refractivity contribution in [2.24, 2.45) is 0 Å². The molecule has 31 heavy (non-hydrogen) atoms. The van der Waals surface area contributed by atoms with E-state index < -0.39 is 0 Å². The van der Waals surface area contributed by atoms with E-state index in [9.17, 15) is 0 Å². The Morgan fingerprint density at radius 2 is 1.71 bits per heavy atom. The quantitative estimate of drug-likeness (QED) is 0.411. The lowest BCUT2D eigenvalue weighted by atomic mass is 9.63. The summed E-state index contributed by atoms with van der Waals surface area (Å²) in [4.78, 5) is 4.05. The third kappa shape index (κ3) is 4.76. The first kappa shape index (κ1) is 21.4. The minimum atomic E-state index is 0.233. The summed E-state index contributed by atoms with van der Waals surface area (Å²) in [5.41, 5.74) is 7.30. The van der Waals surface area contributed by atoms with Gasteiger partial charge in [0.2, 0.25) is 0 Å². The lowest BCUT2D eigenvalue weighted by Crippen LogP contribution is -2.33. The van der Waals surface area contributed by atoms with Crippen LogP contribution in [0.2, 0.25) is 0 Å². The lowest BCUT2D eigenvalue weighted by molar-refractivity contribution is 0.298. The third-order valence-electron chi connectivity index (χ3n) is 6.75. The van der Waals surface area contributed by atoms with Crippen LogP contribution in [0.4, 0.5) is 0 Å². The van der Waals surface area contributed by atoms with Crippen LogP contribution in [-0.4, -0.2) is 16.2 Å². The third-order valence-corrected chi connectivity index (χ3v) is 6.75. The average Bonchev–Trinajstić information content (AvgIpc) is 3.26. The van der Waals surface area contributed by atoms with Crippen LogP contribution in [0.3, 0.4) is 0 Å². The van der Waals surface area contributed by atoms with Crippen LogP contribution in [0, 0.1) is 0 Å². The van der Waals surface area contributed by atoms with Gasteiger partial charge >= 0.3 is 0 Å². The van der Waals surface area contributed by atoms with Crippen molar-refractivity contribution in [1.82, 2.24) is 9.55 Å². The highest BCUT2D eigenvalue weighted by Crippen LogP contribution is 2.46. The van der Waals surface area contributed by atoms with Gasteiger partial charge in [-0.15, -0.1) is 0 Å². The van der Waals surface area contributed by atoms with Crippen molar-refractivity contribution in [3.8, 4) is 5.75 Å². The fourth-order valence-electron chi connectivity index (χ4n) is 4.52. The number of benzene rings is 2. The molecule has 1 aliphatic carbocycles. The van der Waals surface area contributed by atoms with Gasteiger partial charge in [-0.25, -0.2) is 4.98 Å². The average molecular weight is 415 g/mol. The number of imidazole rings is 1. The first-order valence-electron chi connectivity index (χ1n) is 11.3. The molecule has 0 aliphatic heterocycles. The van der Waals surface area contributed by atoms with Crippen LogP contribution in [0.1, 0.15) is 69.7 Å². The molecule has 3 aromatic rings. The summed E-state index contributed by atoms with van der Waals surface area (Å²) in [6, 6.07) is 15.4. The lowest BCUT2D eigenvalue weighted by Gasteiger charge is -2.42. The van der Waals surface area contributed by atoms with Crippen LogP contribution in [0.5, 0.6) is 5.75 Å². The van der Waals surface area contributed by atoms with E-state index in [1.807, 2.05) is 29.2 Å². The molecular weight excluding hydrogens is 380 g/mol. The summed E-state index contributed by atoms with van der Waals surface area (Å²) in [7, 11) is 0. The maximum absolute atomic E-state index is 5.86. The van der Waals surface area contributed by atoms with Crippen molar-refractivity contribution in [1.29, 1.82) is 0 Å². The highest BCUT2D eigenvalue weighted by Gasteiger charge is 2.36. The number of rotatable bonds is 6. The second-order valence-electron chi connectivity index (χ2n) is 10.1. The predicted molar refractivity (Wildman–Crippen MR) is 129 cm³/mol. The number of ether oxygens (including phenoxy) is 1. The summed E-state index contributed by atoms with van der Waals surface area (Å²) in [6.07, 6.45) is 10.3. The Morgan fingerprint density at radius 1 is 1.00 bits per heavy atom. The van der Waals surface area contributed by atoms with Crippen LogP contribution in [0.15, 0.2) is 61.2 Å². The zero-order chi connectivity index (χ0) is 22.1. The van der Waals surface area contributed by atoms with Gasteiger partial charge in [-0.2, -0.15) is 0 Å². The molecule has 0 saturated carbocycles. The van der Waals surface area contributed by atoms with Gasteiger partial charge in [0.15, 0.2) is 0 Å². The molecule has 0 saturated heterocycles. The standard InChI is InChI=1S/C28H34N2O/c1-21(23-8-11-25-26(19-23)28(4,5)13-12-27(25,2)3)18-22-6-9-24(10-7-22)31-17-16-30-15-14-29-20-30/h6-11,14-15,18-20H,12-13,16-17H2,1-5H3/b21-18+. The van der Waals surface area contributed by atoms with E-state index in [4.69, 9.17) is 4.74 Å². The maximum atomic E-state index is 5.86. The number of aromatic nitrogens is 2. The summed E-state index contributed by atoms with van der Waals surface area (Å²) in [6.45, 7) is 13.2. The molecule has 4 rings (SSSR count). The van der Waals surface area contributed by atoms with Gasteiger partial charge < -0.3 is 9.30 Å². The van der Waals surface area contributed by atoms with Gasteiger partial charge in [0, 0.05) is 12.4 Å². The highest BCUT2D eigenvalue weighted by molar-refractivity contribution is 5.80. The van der Waals surface area contributed by atoms with Gasteiger partial charge in [0.1, 0.15) is 12.4 Å². The monoisotopic (exact) mass is 414 g/mol. The van der Waals surface area contributed by atoms with Crippen LogP contribution in [0.25, 0.3) is 11.6 Å². The Balaban J connectivity index is 1.48. The summed E-state index contributed by atoms with van der Waals surface area (Å²) in [5, 5.41) is 0. The van der Waals surface area contributed by atoms with Crippen LogP contribution < -0.4 is 4.74 Å². The van der Waals surface area contributed by atoms with E-state index in [-0.39, 0.29) is 10.8 Å². The topological polar surface area (TPSA) is 27.1 Å². The molecule has 0 bridgehead atoms. The number of fused-ring (bicyclic) bond motifs is 1. The van der Waals surface area contributed by atoms with Crippen molar-refractivity contribution in [2.75, 3.05) is 6.61 Å². The molecule has 0 spiro atoms. The SMILES string of the molecule is C/C(=C\c1ccc(OCCn2ccnc2)cc1)c1ccc2c(c1)C(C)(C)CCC2(C)C. The predicted octanol–water partition coefficient (Wildman–Crippen LogP) is 6.87. The van der Waals surface area contributed by atoms with E-state index in [0.29, 0.717) is 6.61 Å². The normalized spacial score (nSPS) is 17.3. The van der Waals surface area contributed by atoms with Crippen molar-refractivity contribution in [3.05, 3.63) is 83.4 Å².